The van der Waals surface area contributed by atoms with E-state index in [1.807, 2.05) is 0 Å². The Kier molecular flexibility index (Phi) is 7.63. The monoisotopic (exact) mass is 443 g/mol. The number of morpholine rings is 1. The lowest BCUT2D eigenvalue weighted by Gasteiger charge is -2.48. The summed E-state index contributed by atoms with van der Waals surface area (Å²) in [7, 11) is 0. The molecule has 31 heavy (non-hydrogen) atoms. The van der Waals surface area contributed by atoms with E-state index in [1.54, 1.807) is 0 Å². The number of nitrogens with zero attached hydrogens (tertiary/aromatic N) is 3. The molecule has 2 aromatic rings. The Labute approximate surface area is 188 Å². The van der Waals surface area contributed by atoms with Crippen LogP contribution in [0.4, 0.5) is 0 Å². The molecule has 168 valence electrons. The summed E-state index contributed by atoms with van der Waals surface area (Å²) in [5, 5.41) is 11.1. The molecule has 0 spiro atoms. The quantitative estimate of drug-likeness (QED) is 0.609. The van der Waals surface area contributed by atoms with Crippen LogP contribution in [0.5, 0.6) is 0 Å². The standard InChI is InChI=1S/C23H33N5O2S/c1-2-18-6-8-19(9-7-18)21-25-22(27-26-21)31-16-20(29)24-17-23(10-4-3-5-11-23)28-12-14-30-15-13-28/h6-9H,2-5,10-17H2,1H3,(H,24,29)(H,25,26,27). The second-order valence-electron chi connectivity index (χ2n) is 8.47. The summed E-state index contributed by atoms with van der Waals surface area (Å²) in [4.78, 5) is 19.7. The fourth-order valence-electron chi connectivity index (χ4n) is 4.64. The molecule has 7 nitrogen and oxygen atoms in total. The van der Waals surface area contributed by atoms with Crippen LogP contribution in [-0.2, 0) is 16.0 Å². The molecule has 4 rings (SSSR count). The van der Waals surface area contributed by atoms with Crippen molar-refractivity contribution in [2.45, 2.75) is 56.1 Å². The summed E-state index contributed by atoms with van der Waals surface area (Å²) in [6.07, 6.45) is 7.09. The van der Waals surface area contributed by atoms with E-state index in [2.05, 4.69) is 56.6 Å². The molecular formula is C23H33N5O2S. The number of carbonyl (C=O) groups excluding carboxylic acids is 1. The maximum absolute atomic E-state index is 12.6. The molecule has 2 N–H and O–H groups in total. The van der Waals surface area contributed by atoms with Gasteiger partial charge in [-0.2, -0.15) is 0 Å². The third kappa shape index (κ3) is 5.67. The Morgan fingerprint density at radius 2 is 1.94 bits per heavy atom. The normalized spacial score (nSPS) is 19.3. The van der Waals surface area contributed by atoms with Crippen molar-refractivity contribution in [3.63, 3.8) is 0 Å². The largest absolute Gasteiger partial charge is 0.379 e. The van der Waals surface area contributed by atoms with Crippen LogP contribution in [0.2, 0.25) is 0 Å². The van der Waals surface area contributed by atoms with E-state index in [0.717, 1.165) is 63.5 Å². The molecule has 1 saturated carbocycles. The van der Waals surface area contributed by atoms with Gasteiger partial charge < -0.3 is 10.1 Å². The summed E-state index contributed by atoms with van der Waals surface area (Å²) in [5.41, 5.74) is 2.39. The van der Waals surface area contributed by atoms with Gasteiger partial charge in [0.25, 0.3) is 0 Å². The molecule has 2 aliphatic rings. The Morgan fingerprint density at radius 1 is 1.19 bits per heavy atom. The van der Waals surface area contributed by atoms with Crippen molar-refractivity contribution in [3.8, 4) is 11.4 Å². The fourth-order valence-corrected chi connectivity index (χ4v) is 5.26. The number of aryl methyl sites for hydroxylation is 1. The van der Waals surface area contributed by atoms with Gasteiger partial charge in [0, 0.05) is 30.7 Å². The predicted octanol–water partition coefficient (Wildman–Crippen LogP) is 3.28. The number of thioether (sulfide) groups is 1. The summed E-state index contributed by atoms with van der Waals surface area (Å²) < 4.78 is 5.54. The number of benzene rings is 1. The highest BCUT2D eigenvalue weighted by atomic mass is 32.2. The van der Waals surface area contributed by atoms with Gasteiger partial charge in [-0.25, -0.2) is 4.98 Å². The van der Waals surface area contributed by atoms with E-state index >= 15 is 0 Å². The van der Waals surface area contributed by atoms with Crippen LogP contribution in [0.1, 0.15) is 44.6 Å². The highest BCUT2D eigenvalue weighted by molar-refractivity contribution is 7.99. The smallest absolute Gasteiger partial charge is 0.230 e. The third-order valence-electron chi connectivity index (χ3n) is 6.51. The molecular weight excluding hydrogens is 410 g/mol. The van der Waals surface area contributed by atoms with Crippen LogP contribution in [0.15, 0.2) is 29.4 Å². The summed E-state index contributed by atoms with van der Waals surface area (Å²) >= 11 is 1.37. The van der Waals surface area contributed by atoms with Gasteiger partial charge >= 0.3 is 0 Å². The summed E-state index contributed by atoms with van der Waals surface area (Å²) in [5.74, 6) is 1.10. The number of rotatable bonds is 8. The highest BCUT2D eigenvalue weighted by Crippen LogP contribution is 2.34. The Morgan fingerprint density at radius 3 is 2.65 bits per heavy atom. The molecule has 1 aromatic heterocycles. The van der Waals surface area contributed by atoms with Gasteiger partial charge in [-0.15, -0.1) is 5.10 Å². The summed E-state index contributed by atoms with van der Waals surface area (Å²) in [6.45, 7) is 6.36. The van der Waals surface area contributed by atoms with Crippen molar-refractivity contribution >= 4 is 17.7 Å². The van der Waals surface area contributed by atoms with Crippen LogP contribution in [0.3, 0.4) is 0 Å². The summed E-state index contributed by atoms with van der Waals surface area (Å²) in [6, 6.07) is 8.31. The molecule has 1 aliphatic heterocycles. The molecule has 8 heteroatoms. The van der Waals surface area contributed by atoms with E-state index in [1.165, 1.54) is 36.6 Å². The lowest BCUT2D eigenvalue weighted by atomic mass is 9.79. The zero-order valence-corrected chi connectivity index (χ0v) is 19.2. The lowest BCUT2D eigenvalue weighted by Crippen LogP contribution is -2.59. The first-order valence-corrected chi connectivity index (χ1v) is 12.4. The first kappa shape index (κ1) is 22.3. The van der Waals surface area contributed by atoms with E-state index in [0.29, 0.717) is 10.9 Å². The molecule has 0 atom stereocenters. The van der Waals surface area contributed by atoms with Gasteiger partial charge in [0.15, 0.2) is 5.82 Å². The molecule has 0 bridgehead atoms. The lowest BCUT2D eigenvalue weighted by molar-refractivity contribution is -0.119. The number of nitrogens with one attached hydrogen (secondary N) is 2. The van der Waals surface area contributed by atoms with Gasteiger partial charge in [-0.05, 0) is 24.8 Å². The van der Waals surface area contributed by atoms with Gasteiger partial charge in [0.2, 0.25) is 11.1 Å². The number of ether oxygens (including phenoxy) is 1. The van der Waals surface area contributed by atoms with Crippen LogP contribution in [0.25, 0.3) is 11.4 Å². The average molecular weight is 444 g/mol. The van der Waals surface area contributed by atoms with Crippen molar-refractivity contribution in [2.75, 3.05) is 38.6 Å². The van der Waals surface area contributed by atoms with Crippen LogP contribution >= 0.6 is 11.8 Å². The number of hydrogen-bond donors (Lipinski definition) is 2. The van der Waals surface area contributed by atoms with Crippen molar-refractivity contribution in [3.05, 3.63) is 29.8 Å². The Hall–Kier alpha value is -1.90. The van der Waals surface area contributed by atoms with Gasteiger partial charge in [0.05, 0.1) is 19.0 Å². The van der Waals surface area contributed by atoms with Crippen LogP contribution in [0, 0.1) is 0 Å². The van der Waals surface area contributed by atoms with Crippen molar-refractivity contribution < 1.29 is 9.53 Å². The molecule has 2 heterocycles. The maximum atomic E-state index is 12.6. The topological polar surface area (TPSA) is 83.1 Å². The van der Waals surface area contributed by atoms with E-state index in [4.69, 9.17) is 4.74 Å². The van der Waals surface area contributed by atoms with Crippen molar-refractivity contribution in [1.29, 1.82) is 0 Å². The zero-order valence-electron chi connectivity index (χ0n) is 18.4. The second kappa shape index (κ2) is 10.6. The minimum absolute atomic E-state index is 0.0434. The van der Waals surface area contributed by atoms with Gasteiger partial charge in [0.1, 0.15) is 0 Å². The Balaban J connectivity index is 1.29. The molecule has 0 radical (unpaired) electrons. The number of amides is 1. The van der Waals surface area contributed by atoms with E-state index in [9.17, 15) is 4.79 Å². The SMILES string of the molecule is CCc1ccc(-c2nc(SCC(=O)NCC3(N4CCOCC4)CCCCC3)n[nH]2)cc1. The zero-order chi connectivity index (χ0) is 21.5. The molecule has 2 fully saturated rings. The van der Waals surface area contributed by atoms with Crippen molar-refractivity contribution in [1.82, 2.24) is 25.4 Å². The molecule has 1 aliphatic carbocycles. The first-order valence-electron chi connectivity index (χ1n) is 11.4. The molecule has 1 amide bonds. The second-order valence-corrected chi connectivity index (χ2v) is 9.41. The first-order chi connectivity index (χ1) is 15.2. The van der Waals surface area contributed by atoms with E-state index in [-0.39, 0.29) is 11.4 Å². The molecule has 1 aromatic carbocycles. The minimum atomic E-state index is 0.0434. The number of aromatic amines is 1. The van der Waals surface area contributed by atoms with Crippen molar-refractivity contribution in [2.24, 2.45) is 0 Å². The number of H-pyrrole nitrogens is 1. The van der Waals surface area contributed by atoms with Gasteiger partial charge in [-0.3, -0.25) is 14.8 Å². The highest BCUT2D eigenvalue weighted by Gasteiger charge is 2.38. The van der Waals surface area contributed by atoms with Gasteiger partial charge in [-0.1, -0.05) is 62.2 Å². The molecule has 1 saturated heterocycles. The number of aromatic nitrogens is 3. The van der Waals surface area contributed by atoms with Crippen LogP contribution < -0.4 is 5.32 Å². The average Bonchev–Trinajstić information content (AvgIpc) is 3.32. The predicted molar refractivity (Wildman–Crippen MR) is 123 cm³/mol. The third-order valence-corrected chi connectivity index (χ3v) is 7.36. The number of carbonyl (C=O) groups is 1. The maximum Gasteiger partial charge on any atom is 0.230 e. The fraction of sp³-hybridized carbons (Fsp3) is 0.609. The van der Waals surface area contributed by atoms with E-state index < -0.39 is 0 Å². The number of hydrogen-bond acceptors (Lipinski definition) is 6. The van der Waals surface area contributed by atoms with Crippen LogP contribution in [-0.4, -0.2) is 70.1 Å². The molecule has 0 unspecified atom stereocenters. The Bertz CT molecular complexity index is 842. The minimum Gasteiger partial charge on any atom is -0.379 e.